The smallest absolute Gasteiger partial charge is 0.317 e. The second-order valence-corrected chi connectivity index (χ2v) is 12.2. The van der Waals surface area contributed by atoms with Crippen LogP contribution in [0.25, 0.3) is 0 Å². The van der Waals surface area contributed by atoms with Crippen LogP contribution >= 0.6 is 0 Å². The molecule has 3 N–H and O–H groups in total. The first-order chi connectivity index (χ1) is 20.4. The van der Waals surface area contributed by atoms with Gasteiger partial charge in [-0.05, 0) is 81.8 Å². The summed E-state index contributed by atoms with van der Waals surface area (Å²) in [5.41, 5.74) is -0.952. The van der Waals surface area contributed by atoms with Crippen LogP contribution in [-0.4, -0.2) is 62.5 Å². The molecule has 0 unspecified atom stereocenters. The fourth-order valence-electron chi connectivity index (χ4n) is 6.83. The van der Waals surface area contributed by atoms with Gasteiger partial charge in [-0.1, -0.05) is 50.3 Å². The van der Waals surface area contributed by atoms with E-state index in [4.69, 9.17) is 9.47 Å². The van der Waals surface area contributed by atoms with E-state index in [1.165, 1.54) is 44.2 Å². The molecule has 0 radical (unpaired) electrons. The lowest BCUT2D eigenvalue weighted by molar-refractivity contribution is -0.0577. The molecule has 232 valence electrons. The van der Waals surface area contributed by atoms with Crippen molar-refractivity contribution >= 4 is 6.03 Å². The summed E-state index contributed by atoms with van der Waals surface area (Å²) < 4.78 is 26.2. The number of likely N-dealkylation sites (tertiary alicyclic amines) is 1. The highest BCUT2D eigenvalue weighted by Crippen LogP contribution is 2.44. The third-order valence-electron chi connectivity index (χ3n) is 9.04. The van der Waals surface area contributed by atoms with Gasteiger partial charge in [-0.2, -0.15) is 0 Å². The van der Waals surface area contributed by atoms with E-state index < -0.39 is 11.4 Å². The maximum Gasteiger partial charge on any atom is 0.317 e. The third-order valence-corrected chi connectivity index (χ3v) is 9.04. The quantitative estimate of drug-likeness (QED) is 0.218. The number of amides is 2. The maximum absolute atomic E-state index is 14.8. The molecule has 2 aromatic rings. The van der Waals surface area contributed by atoms with Gasteiger partial charge in [0, 0.05) is 50.9 Å². The van der Waals surface area contributed by atoms with E-state index in [1.54, 1.807) is 13.2 Å². The molecule has 2 aliphatic rings. The molecule has 42 heavy (non-hydrogen) atoms. The average molecular weight is 584 g/mol. The van der Waals surface area contributed by atoms with Crippen molar-refractivity contribution < 1.29 is 23.8 Å². The summed E-state index contributed by atoms with van der Waals surface area (Å²) in [5, 5.41) is 19.1. The first-order valence-electron chi connectivity index (χ1n) is 15.9. The number of halogens is 1. The van der Waals surface area contributed by atoms with Gasteiger partial charge in [-0.3, -0.25) is 0 Å². The number of hydrogen-bond donors (Lipinski definition) is 3. The predicted molar refractivity (Wildman–Crippen MR) is 164 cm³/mol. The second-order valence-electron chi connectivity index (χ2n) is 12.2. The summed E-state index contributed by atoms with van der Waals surface area (Å²) in [6, 6.07) is 13.7. The Balaban J connectivity index is 1.54. The molecular weight excluding hydrogens is 533 g/mol. The third kappa shape index (κ3) is 8.91. The van der Waals surface area contributed by atoms with Gasteiger partial charge in [-0.25, -0.2) is 9.18 Å². The zero-order chi connectivity index (χ0) is 29.8. The number of para-hydroxylation sites is 1. The molecule has 4 rings (SSSR count). The Morgan fingerprint density at radius 3 is 2.62 bits per heavy atom. The minimum absolute atomic E-state index is 0.0630. The lowest BCUT2D eigenvalue weighted by Crippen LogP contribution is -2.54. The van der Waals surface area contributed by atoms with E-state index in [-0.39, 0.29) is 18.0 Å². The number of likely N-dealkylation sites (N-methyl/N-ethyl adjacent to an activating group) is 1. The molecule has 2 fully saturated rings. The number of carbonyl (C=O) groups excluding carboxylic acids is 1. The number of hydrogen-bond acceptors (Lipinski definition) is 5. The fourth-order valence-corrected chi connectivity index (χ4v) is 6.83. The van der Waals surface area contributed by atoms with Gasteiger partial charge in [0.15, 0.2) is 0 Å². The van der Waals surface area contributed by atoms with Crippen molar-refractivity contribution in [3.63, 3.8) is 0 Å². The number of carbonyl (C=O) groups is 1. The van der Waals surface area contributed by atoms with Gasteiger partial charge >= 0.3 is 6.03 Å². The van der Waals surface area contributed by atoms with Crippen LogP contribution in [-0.2, 0) is 10.3 Å². The Labute approximate surface area is 251 Å². The molecule has 7 nitrogen and oxygen atoms in total. The fraction of sp³-hybridized carbons (Fsp3) is 0.618. The molecule has 2 amide bonds. The van der Waals surface area contributed by atoms with Gasteiger partial charge in [0.25, 0.3) is 0 Å². The van der Waals surface area contributed by atoms with Crippen LogP contribution in [0, 0.1) is 17.7 Å². The van der Waals surface area contributed by atoms with Crippen molar-refractivity contribution in [3.8, 4) is 11.5 Å². The van der Waals surface area contributed by atoms with Crippen LogP contribution in [0.4, 0.5) is 9.18 Å². The zero-order valence-electron chi connectivity index (χ0n) is 25.5. The van der Waals surface area contributed by atoms with Crippen LogP contribution in [0.15, 0.2) is 48.5 Å². The van der Waals surface area contributed by atoms with Gasteiger partial charge < -0.3 is 30.1 Å². The Bertz CT molecular complexity index is 1100. The molecule has 0 aromatic heterocycles. The van der Waals surface area contributed by atoms with Gasteiger partial charge in [0.2, 0.25) is 0 Å². The van der Waals surface area contributed by atoms with Gasteiger partial charge in [0.05, 0.1) is 5.60 Å². The summed E-state index contributed by atoms with van der Waals surface area (Å²) in [4.78, 5) is 15.4. The minimum Gasteiger partial charge on any atom is -0.457 e. The molecule has 3 atom stereocenters. The largest absolute Gasteiger partial charge is 0.457 e. The summed E-state index contributed by atoms with van der Waals surface area (Å²) >= 11 is 0. The molecule has 1 aliphatic heterocycles. The highest BCUT2D eigenvalue weighted by atomic mass is 19.1. The van der Waals surface area contributed by atoms with Crippen molar-refractivity contribution in [3.05, 3.63) is 59.9 Å². The van der Waals surface area contributed by atoms with E-state index in [2.05, 4.69) is 10.6 Å². The molecule has 0 bridgehead atoms. The van der Waals surface area contributed by atoms with E-state index in [0.29, 0.717) is 55.5 Å². The summed E-state index contributed by atoms with van der Waals surface area (Å²) in [7, 11) is 3.59. The second kappa shape index (κ2) is 16.2. The SMILES string of the molecule is CNC[C@H](CC1CCCCC1)NC(=O)N1CCC[C@@H]([C@@](O)(CCCCOC)c2cc(F)ccc2Oc2ccccc2)C1. The van der Waals surface area contributed by atoms with Crippen molar-refractivity contribution in [1.82, 2.24) is 15.5 Å². The van der Waals surface area contributed by atoms with E-state index >= 15 is 0 Å². The van der Waals surface area contributed by atoms with Crippen LogP contribution in [0.3, 0.4) is 0 Å². The first-order valence-corrected chi connectivity index (χ1v) is 15.9. The highest BCUT2D eigenvalue weighted by molar-refractivity contribution is 5.74. The number of ether oxygens (including phenoxy) is 2. The Hall–Kier alpha value is -2.68. The Morgan fingerprint density at radius 1 is 1.10 bits per heavy atom. The lowest BCUT2D eigenvalue weighted by Gasteiger charge is -2.43. The van der Waals surface area contributed by atoms with Crippen LogP contribution in [0.2, 0.25) is 0 Å². The van der Waals surface area contributed by atoms with Crippen LogP contribution in [0.1, 0.15) is 76.2 Å². The lowest BCUT2D eigenvalue weighted by atomic mass is 9.73. The van der Waals surface area contributed by atoms with Crippen molar-refractivity contribution in [2.45, 2.75) is 82.3 Å². The number of nitrogens with zero attached hydrogens (tertiary/aromatic N) is 1. The standard InChI is InChI=1S/C34H50FN3O4/c1-36-24-29(22-26-12-5-3-6-13-26)37-33(39)38-20-11-14-27(25-38)34(40,19-9-10-21-41-2)31-23-28(35)17-18-32(31)42-30-15-7-4-8-16-30/h4,7-8,15-18,23,26-27,29,36,40H,3,5-6,9-14,19-22,24-25H2,1-2H3,(H,37,39)/t27-,29+,34+/m1/s1. The van der Waals surface area contributed by atoms with Gasteiger partial charge in [0.1, 0.15) is 17.3 Å². The Morgan fingerprint density at radius 2 is 1.88 bits per heavy atom. The number of urea groups is 1. The molecule has 8 heteroatoms. The maximum atomic E-state index is 14.8. The van der Waals surface area contributed by atoms with E-state index in [1.807, 2.05) is 42.3 Å². The predicted octanol–water partition coefficient (Wildman–Crippen LogP) is 6.60. The zero-order valence-corrected chi connectivity index (χ0v) is 25.5. The molecule has 2 aromatic carbocycles. The number of rotatable bonds is 14. The topological polar surface area (TPSA) is 83.1 Å². The van der Waals surface area contributed by atoms with Crippen molar-refractivity contribution in [2.75, 3.05) is 40.4 Å². The summed E-state index contributed by atoms with van der Waals surface area (Å²) in [5.74, 6) is 0.995. The number of nitrogens with one attached hydrogen (secondary N) is 2. The molecule has 1 heterocycles. The van der Waals surface area contributed by atoms with E-state index in [0.717, 1.165) is 32.2 Å². The normalized spacial score (nSPS) is 20.1. The van der Waals surface area contributed by atoms with Crippen molar-refractivity contribution in [2.24, 2.45) is 11.8 Å². The van der Waals surface area contributed by atoms with Crippen LogP contribution in [0.5, 0.6) is 11.5 Å². The molecule has 1 aliphatic carbocycles. The molecule has 1 saturated heterocycles. The summed E-state index contributed by atoms with van der Waals surface area (Å²) in [6.45, 7) is 2.34. The number of benzene rings is 2. The highest BCUT2D eigenvalue weighted by Gasteiger charge is 2.43. The average Bonchev–Trinajstić information content (AvgIpc) is 3.01. The first kappa shape index (κ1) is 32.2. The number of aliphatic hydroxyl groups is 1. The minimum atomic E-state index is -1.38. The van der Waals surface area contributed by atoms with E-state index in [9.17, 15) is 14.3 Å². The number of methoxy groups -OCH3 is 1. The Kier molecular flexibility index (Phi) is 12.5. The monoisotopic (exact) mass is 583 g/mol. The summed E-state index contributed by atoms with van der Waals surface area (Å²) in [6.07, 6.45) is 10.7. The van der Waals surface area contributed by atoms with Gasteiger partial charge in [-0.15, -0.1) is 0 Å². The van der Waals surface area contributed by atoms with Crippen LogP contribution < -0.4 is 15.4 Å². The van der Waals surface area contributed by atoms with Crippen molar-refractivity contribution in [1.29, 1.82) is 0 Å². The number of unbranched alkanes of at least 4 members (excludes halogenated alkanes) is 1. The molecule has 0 spiro atoms. The molecule has 1 saturated carbocycles. The molecular formula is C34H50FN3O4. The number of piperidine rings is 1.